The van der Waals surface area contributed by atoms with Crippen LogP contribution in [0.4, 0.5) is 0 Å². The molecule has 1 unspecified atom stereocenters. The highest BCUT2D eigenvalue weighted by molar-refractivity contribution is 7.07. The molecule has 1 aromatic heterocycles. The van der Waals surface area contributed by atoms with Gasteiger partial charge in [0.05, 0.1) is 42.2 Å². The lowest BCUT2D eigenvalue weighted by molar-refractivity contribution is -0.139. The molecule has 1 atom stereocenters. The van der Waals surface area contributed by atoms with E-state index in [9.17, 15) is 9.59 Å². The van der Waals surface area contributed by atoms with Crippen LogP contribution in [0.25, 0.3) is 6.08 Å². The first-order valence-corrected chi connectivity index (χ1v) is 13.3. The van der Waals surface area contributed by atoms with Crippen molar-refractivity contribution in [2.45, 2.75) is 46.1 Å². The number of allylic oxidation sites excluding steroid dienone is 1. The van der Waals surface area contributed by atoms with E-state index in [1.165, 1.54) is 11.3 Å². The first kappa shape index (κ1) is 26.4. The molecule has 3 aromatic rings. The van der Waals surface area contributed by atoms with Crippen molar-refractivity contribution in [2.24, 2.45) is 4.99 Å². The fourth-order valence-corrected chi connectivity index (χ4v) is 5.29. The Morgan fingerprint density at radius 1 is 1.05 bits per heavy atom. The SMILES string of the molecule is CCCCCOc1ccc(C=c2sc3n(c2=O)C(c2ccc(OC)cc2)C(C(=O)OCC)=C(C)N=3)cc1. The molecular weight excluding hydrogens is 488 g/mol. The van der Waals surface area contributed by atoms with Crippen LogP contribution in [0.2, 0.25) is 0 Å². The summed E-state index contributed by atoms with van der Waals surface area (Å²) in [5.41, 5.74) is 2.34. The van der Waals surface area contributed by atoms with Crippen LogP contribution < -0.4 is 24.4 Å². The third-order valence-corrected chi connectivity index (χ3v) is 7.13. The van der Waals surface area contributed by atoms with Gasteiger partial charge < -0.3 is 14.2 Å². The van der Waals surface area contributed by atoms with Gasteiger partial charge in [-0.2, -0.15) is 0 Å². The normalized spacial score (nSPS) is 15.2. The molecule has 0 amide bonds. The number of unbranched alkanes of at least 4 members (excludes halogenated alkanes) is 2. The Hall–Kier alpha value is -3.65. The molecule has 2 heterocycles. The minimum absolute atomic E-state index is 0.209. The number of rotatable bonds is 10. The molecule has 8 heteroatoms. The molecule has 0 radical (unpaired) electrons. The number of benzene rings is 2. The van der Waals surface area contributed by atoms with Crippen molar-refractivity contribution in [1.82, 2.24) is 4.57 Å². The van der Waals surface area contributed by atoms with Gasteiger partial charge in [0.2, 0.25) is 0 Å². The summed E-state index contributed by atoms with van der Waals surface area (Å²) in [4.78, 5) is 31.8. The zero-order chi connectivity index (χ0) is 26.4. The molecule has 37 heavy (non-hydrogen) atoms. The topological polar surface area (TPSA) is 79.1 Å². The average Bonchev–Trinajstić information content (AvgIpc) is 3.21. The number of thiazole rings is 1. The molecule has 7 nitrogen and oxygen atoms in total. The Morgan fingerprint density at radius 3 is 2.41 bits per heavy atom. The number of fused-ring (bicyclic) bond motifs is 1. The first-order valence-electron chi connectivity index (χ1n) is 12.5. The quantitative estimate of drug-likeness (QED) is 0.293. The van der Waals surface area contributed by atoms with Gasteiger partial charge in [-0.15, -0.1) is 0 Å². The monoisotopic (exact) mass is 520 g/mol. The van der Waals surface area contributed by atoms with Crippen LogP contribution in [0.3, 0.4) is 0 Å². The second kappa shape index (κ2) is 12.1. The van der Waals surface area contributed by atoms with Crippen LogP contribution in [0.15, 0.2) is 69.6 Å². The highest BCUT2D eigenvalue weighted by atomic mass is 32.1. The van der Waals surface area contributed by atoms with Crippen molar-refractivity contribution in [3.63, 3.8) is 0 Å². The summed E-state index contributed by atoms with van der Waals surface area (Å²) < 4.78 is 18.6. The number of aromatic nitrogens is 1. The largest absolute Gasteiger partial charge is 0.497 e. The molecule has 0 saturated heterocycles. The molecule has 0 aliphatic carbocycles. The Balaban J connectivity index is 1.74. The predicted octanol–water partition coefficient (Wildman–Crippen LogP) is 4.38. The molecule has 1 aliphatic heterocycles. The maximum Gasteiger partial charge on any atom is 0.338 e. The summed E-state index contributed by atoms with van der Waals surface area (Å²) in [6, 6.07) is 14.4. The van der Waals surface area contributed by atoms with Gasteiger partial charge in [-0.25, -0.2) is 9.79 Å². The van der Waals surface area contributed by atoms with Gasteiger partial charge >= 0.3 is 5.97 Å². The highest BCUT2D eigenvalue weighted by Gasteiger charge is 2.33. The maximum atomic E-state index is 13.7. The average molecular weight is 521 g/mol. The standard InChI is InChI=1S/C29H32N2O5S/c1-5-7-8-17-36-23-13-9-20(10-14-23)18-24-27(32)31-26(21-11-15-22(34-4)16-12-21)25(28(33)35-6-2)19(3)30-29(31)37-24/h9-16,18,26H,5-8,17H2,1-4H3. The van der Waals surface area contributed by atoms with Crippen LogP contribution in [0, 0.1) is 0 Å². The summed E-state index contributed by atoms with van der Waals surface area (Å²) in [6.45, 7) is 6.62. The summed E-state index contributed by atoms with van der Waals surface area (Å²) in [7, 11) is 1.59. The minimum Gasteiger partial charge on any atom is -0.497 e. The van der Waals surface area contributed by atoms with E-state index >= 15 is 0 Å². The molecule has 1 aliphatic rings. The lowest BCUT2D eigenvalue weighted by Gasteiger charge is -2.24. The smallest absolute Gasteiger partial charge is 0.338 e. The van der Waals surface area contributed by atoms with Gasteiger partial charge in [-0.1, -0.05) is 55.4 Å². The van der Waals surface area contributed by atoms with E-state index in [4.69, 9.17) is 14.2 Å². The lowest BCUT2D eigenvalue weighted by Crippen LogP contribution is -2.39. The third kappa shape index (κ3) is 5.85. The summed E-state index contributed by atoms with van der Waals surface area (Å²) in [6.07, 6.45) is 5.17. The fraction of sp³-hybridized carbons (Fsp3) is 0.345. The molecule has 0 bridgehead atoms. The van der Waals surface area contributed by atoms with Gasteiger partial charge in [0.25, 0.3) is 5.56 Å². The number of methoxy groups -OCH3 is 1. The Bertz CT molecular complexity index is 1450. The van der Waals surface area contributed by atoms with Crippen molar-refractivity contribution in [3.05, 3.63) is 90.6 Å². The van der Waals surface area contributed by atoms with E-state index in [-0.39, 0.29) is 12.2 Å². The van der Waals surface area contributed by atoms with Gasteiger partial charge in [-0.3, -0.25) is 9.36 Å². The van der Waals surface area contributed by atoms with Crippen LogP contribution in [-0.2, 0) is 9.53 Å². The number of nitrogens with zero attached hydrogens (tertiary/aromatic N) is 2. The molecule has 0 N–H and O–H groups in total. The van der Waals surface area contributed by atoms with E-state index in [2.05, 4.69) is 11.9 Å². The summed E-state index contributed by atoms with van der Waals surface area (Å²) in [5, 5.41) is 0. The molecule has 0 saturated carbocycles. The third-order valence-electron chi connectivity index (χ3n) is 6.14. The van der Waals surface area contributed by atoms with E-state index < -0.39 is 12.0 Å². The summed E-state index contributed by atoms with van der Waals surface area (Å²) >= 11 is 1.30. The van der Waals surface area contributed by atoms with E-state index in [1.807, 2.05) is 54.6 Å². The second-order valence-corrected chi connectivity index (χ2v) is 9.71. The maximum absolute atomic E-state index is 13.7. The van der Waals surface area contributed by atoms with E-state index in [0.717, 1.165) is 36.1 Å². The Labute approximate surface area is 220 Å². The first-order chi connectivity index (χ1) is 18.0. The van der Waals surface area contributed by atoms with Crippen molar-refractivity contribution in [2.75, 3.05) is 20.3 Å². The minimum atomic E-state index is -0.651. The highest BCUT2D eigenvalue weighted by Crippen LogP contribution is 2.31. The number of carbonyl (C=O) groups excluding carboxylic acids is 1. The van der Waals surface area contributed by atoms with Gasteiger partial charge in [0.1, 0.15) is 11.5 Å². The van der Waals surface area contributed by atoms with Crippen LogP contribution in [0.1, 0.15) is 57.2 Å². The van der Waals surface area contributed by atoms with Gasteiger partial charge in [0.15, 0.2) is 4.80 Å². The number of carbonyl (C=O) groups is 1. The Kier molecular flexibility index (Phi) is 8.61. The van der Waals surface area contributed by atoms with Crippen molar-refractivity contribution in [3.8, 4) is 11.5 Å². The van der Waals surface area contributed by atoms with E-state index in [0.29, 0.717) is 33.0 Å². The van der Waals surface area contributed by atoms with Crippen LogP contribution in [-0.4, -0.2) is 30.9 Å². The zero-order valence-electron chi connectivity index (χ0n) is 21.7. The Morgan fingerprint density at radius 2 is 1.76 bits per heavy atom. The number of hydrogen-bond acceptors (Lipinski definition) is 7. The van der Waals surface area contributed by atoms with Crippen LogP contribution in [0.5, 0.6) is 11.5 Å². The molecule has 4 rings (SSSR count). The molecule has 0 spiro atoms. The number of ether oxygens (including phenoxy) is 3. The molecular formula is C29H32N2O5S. The molecule has 0 fully saturated rings. The van der Waals surface area contributed by atoms with Crippen molar-refractivity contribution >= 4 is 23.4 Å². The molecule has 2 aromatic carbocycles. The summed E-state index contributed by atoms with van der Waals surface area (Å²) in [5.74, 6) is 1.02. The molecule has 194 valence electrons. The van der Waals surface area contributed by atoms with Gasteiger partial charge in [-0.05, 0) is 61.7 Å². The van der Waals surface area contributed by atoms with Crippen molar-refractivity contribution < 1.29 is 19.0 Å². The van der Waals surface area contributed by atoms with Crippen molar-refractivity contribution in [1.29, 1.82) is 0 Å². The predicted molar refractivity (Wildman–Crippen MR) is 145 cm³/mol. The zero-order valence-corrected chi connectivity index (χ0v) is 22.5. The lowest BCUT2D eigenvalue weighted by atomic mass is 9.96. The van der Waals surface area contributed by atoms with E-state index in [1.54, 1.807) is 25.5 Å². The van der Waals surface area contributed by atoms with Gasteiger partial charge in [0, 0.05) is 0 Å². The number of esters is 1. The number of hydrogen-bond donors (Lipinski definition) is 0. The second-order valence-electron chi connectivity index (χ2n) is 8.70. The van der Waals surface area contributed by atoms with Crippen LogP contribution >= 0.6 is 11.3 Å². The fourth-order valence-electron chi connectivity index (χ4n) is 4.25.